The van der Waals surface area contributed by atoms with Crippen molar-refractivity contribution in [3.63, 3.8) is 0 Å². The van der Waals surface area contributed by atoms with Crippen molar-refractivity contribution in [2.75, 3.05) is 20.2 Å². The molecule has 0 bridgehead atoms. The minimum absolute atomic E-state index is 0.251. The highest BCUT2D eigenvalue weighted by atomic mass is 35.5. The van der Waals surface area contributed by atoms with Gasteiger partial charge in [-0.25, -0.2) is 8.42 Å². The summed E-state index contributed by atoms with van der Waals surface area (Å²) in [5, 5.41) is 0.521. The lowest BCUT2D eigenvalue weighted by atomic mass is 10.0. The normalized spacial score (nSPS) is 24.0. The average molecular weight is 304 g/mol. The zero-order chi connectivity index (χ0) is 14.1. The molecule has 0 amide bonds. The van der Waals surface area contributed by atoms with Crippen LogP contribution in [-0.2, 0) is 14.8 Å². The summed E-state index contributed by atoms with van der Waals surface area (Å²) in [5.74, 6) is 0. The van der Waals surface area contributed by atoms with Gasteiger partial charge >= 0.3 is 0 Å². The van der Waals surface area contributed by atoms with Gasteiger partial charge in [-0.1, -0.05) is 11.6 Å². The predicted molar refractivity (Wildman–Crippen MR) is 74.9 cm³/mol. The largest absolute Gasteiger partial charge is 0.374 e. The van der Waals surface area contributed by atoms with E-state index in [1.165, 1.54) is 16.4 Å². The number of hydrogen-bond donors (Lipinski definition) is 0. The van der Waals surface area contributed by atoms with E-state index in [1.807, 2.05) is 6.92 Å². The number of halogens is 1. The van der Waals surface area contributed by atoms with Crippen LogP contribution in [0.3, 0.4) is 0 Å². The summed E-state index contributed by atoms with van der Waals surface area (Å²) >= 11 is 5.77. The molecular formula is C13H18ClNO3S. The third kappa shape index (κ3) is 3.28. The molecule has 1 unspecified atom stereocenters. The SMILES string of the molecule is CN(CC1(C)CCCO1)S(=O)(=O)c1ccc(Cl)cc1. The highest BCUT2D eigenvalue weighted by Gasteiger charge is 2.34. The fourth-order valence-corrected chi connectivity index (χ4v) is 3.71. The number of sulfonamides is 1. The lowest BCUT2D eigenvalue weighted by Crippen LogP contribution is -2.41. The van der Waals surface area contributed by atoms with E-state index >= 15 is 0 Å². The molecule has 1 aromatic rings. The fourth-order valence-electron chi connectivity index (χ4n) is 2.30. The van der Waals surface area contributed by atoms with Crippen molar-refractivity contribution in [3.8, 4) is 0 Å². The van der Waals surface area contributed by atoms with Crippen LogP contribution in [0, 0.1) is 0 Å². The second-order valence-corrected chi connectivity index (χ2v) is 7.60. The second-order valence-electron chi connectivity index (χ2n) is 5.12. The van der Waals surface area contributed by atoms with Crippen molar-refractivity contribution >= 4 is 21.6 Å². The van der Waals surface area contributed by atoms with Crippen LogP contribution in [0.5, 0.6) is 0 Å². The Morgan fingerprint density at radius 2 is 2.00 bits per heavy atom. The standard InChI is InChI=1S/C13H18ClNO3S/c1-13(8-3-9-18-13)10-15(2)19(16,17)12-6-4-11(14)5-7-12/h4-7H,3,8-10H2,1-2H3. The molecule has 0 radical (unpaired) electrons. The minimum atomic E-state index is -3.49. The molecule has 1 atom stereocenters. The van der Waals surface area contributed by atoms with Crippen LogP contribution < -0.4 is 0 Å². The summed E-state index contributed by atoms with van der Waals surface area (Å²) in [5.41, 5.74) is -0.381. The van der Waals surface area contributed by atoms with E-state index in [9.17, 15) is 8.42 Å². The topological polar surface area (TPSA) is 46.6 Å². The average Bonchev–Trinajstić information content (AvgIpc) is 2.76. The summed E-state index contributed by atoms with van der Waals surface area (Å²) < 4.78 is 31.8. The summed E-state index contributed by atoms with van der Waals surface area (Å²) in [4.78, 5) is 0.251. The van der Waals surface area contributed by atoms with Crippen molar-refractivity contribution in [2.24, 2.45) is 0 Å². The zero-order valence-corrected chi connectivity index (χ0v) is 12.7. The van der Waals surface area contributed by atoms with E-state index in [0.717, 1.165) is 12.8 Å². The van der Waals surface area contributed by atoms with Crippen LogP contribution >= 0.6 is 11.6 Å². The quantitative estimate of drug-likeness (QED) is 0.858. The third-order valence-electron chi connectivity index (χ3n) is 3.38. The van der Waals surface area contributed by atoms with E-state index < -0.39 is 10.0 Å². The second kappa shape index (κ2) is 5.40. The predicted octanol–water partition coefficient (Wildman–Crippen LogP) is 2.53. The Kier molecular flexibility index (Phi) is 4.20. The van der Waals surface area contributed by atoms with Gasteiger partial charge in [0, 0.05) is 25.2 Å². The Bertz CT molecular complexity index is 536. The summed E-state index contributed by atoms with van der Waals surface area (Å²) in [7, 11) is -1.91. The van der Waals surface area contributed by atoms with Gasteiger partial charge in [-0.05, 0) is 44.0 Å². The molecule has 1 fully saturated rings. The van der Waals surface area contributed by atoms with E-state index in [1.54, 1.807) is 19.2 Å². The van der Waals surface area contributed by atoms with Gasteiger partial charge in [0.2, 0.25) is 10.0 Å². The Morgan fingerprint density at radius 1 is 1.37 bits per heavy atom. The van der Waals surface area contributed by atoms with Crippen LogP contribution in [-0.4, -0.2) is 38.5 Å². The number of benzene rings is 1. The van der Waals surface area contributed by atoms with Crippen molar-refractivity contribution in [1.82, 2.24) is 4.31 Å². The van der Waals surface area contributed by atoms with Gasteiger partial charge in [-0.3, -0.25) is 0 Å². The van der Waals surface area contributed by atoms with Gasteiger partial charge in [0.15, 0.2) is 0 Å². The molecule has 19 heavy (non-hydrogen) atoms. The monoisotopic (exact) mass is 303 g/mol. The van der Waals surface area contributed by atoms with Crippen LogP contribution in [0.2, 0.25) is 5.02 Å². The molecular weight excluding hydrogens is 286 g/mol. The molecule has 1 aromatic carbocycles. The first-order valence-corrected chi connectivity index (χ1v) is 8.01. The Morgan fingerprint density at radius 3 is 2.53 bits per heavy atom. The van der Waals surface area contributed by atoms with Crippen LogP contribution in [0.4, 0.5) is 0 Å². The van der Waals surface area contributed by atoms with Crippen LogP contribution in [0.1, 0.15) is 19.8 Å². The molecule has 2 rings (SSSR count). The molecule has 6 heteroatoms. The van der Waals surface area contributed by atoms with E-state index in [4.69, 9.17) is 16.3 Å². The third-order valence-corrected chi connectivity index (χ3v) is 5.45. The van der Waals surface area contributed by atoms with E-state index in [2.05, 4.69) is 0 Å². The minimum Gasteiger partial charge on any atom is -0.374 e. The smallest absolute Gasteiger partial charge is 0.242 e. The molecule has 1 heterocycles. The highest BCUT2D eigenvalue weighted by Crippen LogP contribution is 2.27. The summed E-state index contributed by atoms with van der Waals surface area (Å²) in [6.45, 7) is 3.01. The maximum absolute atomic E-state index is 12.4. The van der Waals surface area contributed by atoms with Crippen molar-refractivity contribution < 1.29 is 13.2 Å². The number of rotatable bonds is 4. The molecule has 0 N–H and O–H groups in total. The molecule has 106 valence electrons. The van der Waals surface area contributed by atoms with Gasteiger partial charge in [-0.2, -0.15) is 4.31 Å². The maximum atomic E-state index is 12.4. The van der Waals surface area contributed by atoms with Crippen LogP contribution in [0.15, 0.2) is 29.2 Å². The molecule has 1 aliphatic rings. The van der Waals surface area contributed by atoms with Crippen molar-refractivity contribution in [3.05, 3.63) is 29.3 Å². The van der Waals surface area contributed by atoms with Gasteiger partial charge in [0.25, 0.3) is 0 Å². The molecule has 0 saturated carbocycles. The molecule has 1 saturated heterocycles. The maximum Gasteiger partial charge on any atom is 0.242 e. The summed E-state index contributed by atoms with van der Waals surface area (Å²) in [6, 6.07) is 6.20. The molecule has 0 spiro atoms. The van der Waals surface area contributed by atoms with Gasteiger partial charge in [-0.15, -0.1) is 0 Å². The first-order chi connectivity index (χ1) is 8.83. The lowest BCUT2D eigenvalue weighted by molar-refractivity contribution is 0.00966. The highest BCUT2D eigenvalue weighted by molar-refractivity contribution is 7.89. The molecule has 4 nitrogen and oxygen atoms in total. The van der Waals surface area contributed by atoms with Gasteiger partial charge in [0.1, 0.15) is 0 Å². The molecule has 1 aliphatic heterocycles. The van der Waals surface area contributed by atoms with Crippen molar-refractivity contribution in [2.45, 2.75) is 30.3 Å². The Labute approximate surface area is 119 Å². The number of nitrogens with zero attached hydrogens (tertiary/aromatic N) is 1. The lowest BCUT2D eigenvalue weighted by Gasteiger charge is -2.28. The number of hydrogen-bond acceptors (Lipinski definition) is 3. The van der Waals surface area contributed by atoms with Crippen LogP contribution in [0.25, 0.3) is 0 Å². The molecule has 0 aromatic heterocycles. The Balaban J connectivity index is 2.17. The van der Waals surface area contributed by atoms with E-state index in [0.29, 0.717) is 18.2 Å². The fraction of sp³-hybridized carbons (Fsp3) is 0.538. The van der Waals surface area contributed by atoms with Gasteiger partial charge < -0.3 is 4.74 Å². The zero-order valence-electron chi connectivity index (χ0n) is 11.1. The van der Waals surface area contributed by atoms with Gasteiger partial charge in [0.05, 0.1) is 10.5 Å². The number of likely N-dealkylation sites (N-methyl/N-ethyl adjacent to an activating group) is 1. The number of ether oxygens (including phenoxy) is 1. The first kappa shape index (κ1) is 14.8. The molecule has 0 aliphatic carbocycles. The van der Waals surface area contributed by atoms with Crippen molar-refractivity contribution in [1.29, 1.82) is 0 Å². The van der Waals surface area contributed by atoms with E-state index in [-0.39, 0.29) is 10.5 Å². The Hall–Kier alpha value is -0.620. The summed E-state index contributed by atoms with van der Waals surface area (Å²) in [6.07, 6.45) is 1.86. The first-order valence-electron chi connectivity index (χ1n) is 6.19.